The molecule has 0 saturated carbocycles. The Bertz CT molecular complexity index is 980. The van der Waals surface area contributed by atoms with Crippen LogP contribution < -0.4 is 16.2 Å². The average Bonchev–Trinajstić information content (AvgIpc) is 3.08. The summed E-state index contributed by atoms with van der Waals surface area (Å²) in [5.41, 5.74) is 11.6. The lowest BCUT2D eigenvalue weighted by molar-refractivity contribution is 0.501. The van der Waals surface area contributed by atoms with Crippen LogP contribution in [-0.4, -0.2) is 34.1 Å². The monoisotopic (exact) mass is 367 g/mol. The summed E-state index contributed by atoms with van der Waals surface area (Å²) in [6.45, 7) is 9.94. The molecular weight excluding hydrogens is 338 g/mol. The SMILES string of the molecule is CC.Cc1cc[nH]c(=O)c1-c1nc2c(C)cc(N3CCC(N)CC3)cc2[nH]1. The van der Waals surface area contributed by atoms with Gasteiger partial charge in [0, 0.05) is 31.0 Å². The molecule has 6 nitrogen and oxygen atoms in total. The quantitative estimate of drug-likeness (QED) is 0.647. The molecule has 3 aromatic rings. The van der Waals surface area contributed by atoms with Crippen molar-refractivity contribution in [1.29, 1.82) is 0 Å². The number of piperidine rings is 1. The normalized spacial score (nSPS) is 14.9. The Labute approximate surface area is 159 Å². The van der Waals surface area contributed by atoms with Crippen molar-refractivity contribution in [2.24, 2.45) is 5.73 Å². The van der Waals surface area contributed by atoms with E-state index in [0.717, 1.165) is 48.1 Å². The molecule has 1 fully saturated rings. The first-order valence-corrected chi connectivity index (χ1v) is 9.72. The predicted molar refractivity (Wildman–Crippen MR) is 112 cm³/mol. The number of aryl methyl sites for hydroxylation is 2. The van der Waals surface area contributed by atoms with Crippen LogP contribution in [-0.2, 0) is 0 Å². The summed E-state index contributed by atoms with van der Waals surface area (Å²) < 4.78 is 0. The van der Waals surface area contributed by atoms with E-state index in [1.54, 1.807) is 6.20 Å². The van der Waals surface area contributed by atoms with Crippen LogP contribution in [0.2, 0.25) is 0 Å². The van der Waals surface area contributed by atoms with Crippen LogP contribution >= 0.6 is 0 Å². The summed E-state index contributed by atoms with van der Waals surface area (Å²) in [5.74, 6) is 0.621. The van der Waals surface area contributed by atoms with Crippen LogP contribution in [0.1, 0.15) is 37.8 Å². The number of aromatic nitrogens is 3. The van der Waals surface area contributed by atoms with E-state index < -0.39 is 0 Å². The van der Waals surface area contributed by atoms with Crippen LogP contribution in [0, 0.1) is 13.8 Å². The van der Waals surface area contributed by atoms with Crippen molar-refractivity contribution in [3.05, 3.63) is 45.9 Å². The third-order valence-corrected chi connectivity index (χ3v) is 5.07. The Morgan fingerprint density at radius 1 is 1.15 bits per heavy atom. The average molecular weight is 367 g/mol. The molecule has 6 heteroatoms. The molecule has 1 aromatic carbocycles. The lowest BCUT2D eigenvalue weighted by Crippen LogP contribution is -2.39. The van der Waals surface area contributed by atoms with Gasteiger partial charge in [-0.1, -0.05) is 13.8 Å². The van der Waals surface area contributed by atoms with E-state index in [-0.39, 0.29) is 5.56 Å². The highest BCUT2D eigenvalue weighted by Crippen LogP contribution is 2.28. The van der Waals surface area contributed by atoms with E-state index in [4.69, 9.17) is 5.73 Å². The van der Waals surface area contributed by atoms with E-state index in [9.17, 15) is 4.79 Å². The van der Waals surface area contributed by atoms with Crippen LogP contribution in [0.5, 0.6) is 0 Å². The number of imidazole rings is 1. The summed E-state index contributed by atoms with van der Waals surface area (Å²) in [5, 5.41) is 0. The van der Waals surface area contributed by atoms with Gasteiger partial charge < -0.3 is 20.6 Å². The van der Waals surface area contributed by atoms with Crippen molar-refractivity contribution < 1.29 is 0 Å². The molecule has 0 unspecified atom stereocenters. The third kappa shape index (κ3) is 3.76. The Hall–Kier alpha value is -2.60. The van der Waals surface area contributed by atoms with Gasteiger partial charge >= 0.3 is 0 Å². The molecule has 1 aliphatic rings. The minimum absolute atomic E-state index is 0.123. The number of rotatable bonds is 2. The number of anilines is 1. The zero-order valence-electron chi connectivity index (χ0n) is 16.6. The number of hydrogen-bond acceptors (Lipinski definition) is 4. The maximum Gasteiger partial charge on any atom is 0.259 e. The van der Waals surface area contributed by atoms with E-state index in [1.165, 1.54) is 5.69 Å². The van der Waals surface area contributed by atoms with Gasteiger partial charge in [0.2, 0.25) is 0 Å². The molecule has 0 radical (unpaired) electrons. The molecule has 1 saturated heterocycles. The van der Waals surface area contributed by atoms with E-state index >= 15 is 0 Å². The molecule has 0 amide bonds. The van der Waals surface area contributed by atoms with E-state index in [0.29, 0.717) is 17.4 Å². The third-order valence-electron chi connectivity index (χ3n) is 5.07. The predicted octanol–water partition coefficient (Wildman–Crippen LogP) is 3.49. The van der Waals surface area contributed by atoms with Gasteiger partial charge in [0.25, 0.3) is 5.56 Å². The molecule has 1 aliphatic heterocycles. The second-order valence-corrected chi connectivity index (χ2v) is 6.93. The van der Waals surface area contributed by atoms with Gasteiger partial charge in [0.15, 0.2) is 0 Å². The van der Waals surface area contributed by atoms with Crippen molar-refractivity contribution in [2.75, 3.05) is 18.0 Å². The zero-order chi connectivity index (χ0) is 19.6. The Balaban J connectivity index is 0.00000102. The van der Waals surface area contributed by atoms with Gasteiger partial charge in [-0.2, -0.15) is 0 Å². The summed E-state index contributed by atoms with van der Waals surface area (Å²) in [7, 11) is 0. The molecule has 0 atom stereocenters. The van der Waals surface area contributed by atoms with Gasteiger partial charge in [-0.05, 0) is 56.0 Å². The number of benzene rings is 1. The van der Waals surface area contributed by atoms with E-state index in [2.05, 4.69) is 38.9 Å². The largest absolute Gasteiger partial charge is 0.371 e. The standard InChI is InChI=1S/C19H23N5O.C2H6/c1-11-3-6-21-19(25)16(11)18-22-15-10-14(9-12(2)17(15)23-18)24-7-4-13(20)5-8-24;1-2/h3,6,9-10,13H,4-5,7-8,20H2,1-2H3,(H,21,25)(H,22,23);1-2H3. The molecule has 0 bridgehead atoms. The Morgan fingerprint density at radius 2 is 1.85 bits per heavy atom. The minimum atomic E-state index is -0.123. The Morgan fingerprint density at radius 3 is 2.52 bits per heavy atom. The molecule has 144 valence electrons. The van der Waals surface area contributed by atoms with E-state index in [1.807, 2.05) is 26.8 Å². The fraction of sp³-hybridized carbons (Fsp3) is 0.429. The minimum Gasteiger partial charge on any atom is -0.371 e. The molecule has 3 heterocycles. The maximum atomic E-state index is 12.2. The first kappa shape index (κ1) is 19.2. The summed E-state index contributed by atoms with van der Waals surface area (Å²) in [6.07, 6.45) is 3.70. The highest BCUT2D eigenvalue weighted by atomic mass is 16.1. The number of hydrogen-bond donors (Lipinski definition) is 3. The second-order valence-electron chi connectivity index (χ2n) is 6.93. The highest BCUT2D eigenvalue weighted by Gasteiger charge is 2.19. The first-order chi connectivity index (χ1) is 13.0. The molecule has 0 aliphatic carbocycles. The topological polar surface area (TPSA) is 90.8 Å². The van der Waals surface area contributed by atoms with Gasteiger partial charge in [-0.15, -0.1) is 0 Å². The van der Waals surface area contributed by atoms with Gasteiger partial charge in [-0.3, -0.25) is 4.79 Å². The summed E-state index contributed by atoms with van der Waals surface area (Å²) in [4.78, 5) is 25.3. The van der Waals surface area contributed by atoms with Crippen molar-refractivity contribution in [3.8, 4) is 11.4 Å². The molecule has 27 heavy (non-hydrogen) atoms. The van der Waals surface area contributed by atoms with Crippen molar-refractivity contribution in [2.45, 2.75) is 46.6 Å². The number of nitrogens with two attached hydrogens (primary N) is 1. The van der Waals surface area contributed by atoms with Crippen LogP contribution in [0.4, 0.5) is 5.69 Å². The zero-order valence-corrected chi connectivity index (χ0v) is 16.6. The number of pyridine rings is 1. The second kappa shape index (κ2) is 7.96. The van der Waals surface area contributed by atoms with Crippen LogP contribution in [0.25, 0.3) is 22.4 Å². The lowest BCUT2D eigenvalue weighted by Gasteiger charge is -2.32. The molecule has 4 rings (SSSR count). The molecule has 4 N–H and O–H groups in total. The van der Waals surface area contributed by atoms with Gasteiger partial charge in [-0.25, -0.2) is 4.98 Å². The number of H-pyrrole nitrogens is 2. The van der Waals surface area contributed by atoms with Crippen molar-refractivity contribution >= 4 is 16.7 Å². The van der Waals surface area contributed by atoms with Crippen molar-refractivity contribution in [1.82, 2.24) is 15.0 Å². The van der Waals surface area contributed by atoms with Crippen LogP contribution in [0.3, 0.4) is 0 Å². The maximum absolute atomic E-state index is 12.2. The first-order valence-electron chi connectivity index (χ1n) is 9.72. The highest BCUT2D eigenvalue weighted by molar-refractivity contribution is 5.86. The number of nitrogens with zero attached hydrogens (tertiary/aromatic N) is 2. The fourth-order valence-electron chi connectivity index (χ4n) is 3.60. The smallest absolute Gasteiger partial charge is 0.259 e. The molecular formula is C21H29N5O. The molecule has 0 spiro atoms. The molecule has 2 aromatic heterocycles. The van der Waals surface area contributed by atoms with Gasteiger partial charge in [0.05, 0.1) is 16.6 Å². The number of nitrogens with one attached hydrogen (secondary N) is 2. The van der Waals surface area contributed by atoms with Gasteiger partial charge in [0.1, 0.15) is 5.82 Å². The van der Waals surface area contributed by atoms with Crippen molar-refractivity contribution in [3.63, 3.8) is 0 Å². The Kier molecular flexibility index (Phi) is 5.65. The number of fused-ring (bicyclic) bond motifs is 1. The number of aromatic amines is 2. The fourth-order valence-corrected chi connectivity index (χ4v) is 3.60. The summed E-state index contributed by atoms with van der Waals surface area (Å²) >= 11 is 0. The summed E-state index contributed by atoms with van der Waals surface area (Å²) in [6, 6.07) is 6.50. The lowest BCUT2D eigenvalue weighted by atomic mass is 10.0. The van der Waals surface area contributed by atoms with Crippen LogP contribution in [0.15, 0.2) is 29.2 Å².